The number of carboxylic acids is 1. The van der Waals surface area contributed by atoms with Gasteiger partial charge in [-0.05, 0) is 30.6 Å². The summed E-state index contributed by atoms with van der Waals surface area (Å²) in [5, 5.41) is 8.46. The first-order chi connectivity index (χ1) is 8.40. The number of esters is 1. The number of carboxylic acid groups (broad SMARTS) is 1. The molecule has 4 nitrogen and oxygen atoms in total. The molecule has 0 heterocycles. The van der Waals surface area contributed by atoms with E-state index in [0.29, 0.717) is 17.8 Å². The fraction of sp³-hybridized carbons (Fsp3) is 0.714. The van der Waals surface area contributed by atoms with E-state index in [1.165, 1.54) is 6.42 Å². The highest BCUT2D eigenvalue weighted by Gasteiger charge is 2.32. The molecule has 0 aromatic heterocycles. The molecule has 0 aliphatic heterocycles. The number of hydrogen-bond acceptors (Lipinski definition) is 3. The van der Waals surface area contributed by atoms with Crippen molar-refractivity contribution in [3.05, 3.63) is 12.2 Å². The molecule has 0 bridgehead atoms. The van der Waals surface area contributed by atoms with Crippen molar-refractivity contribution in [1.29, 1.82) is 0 Å². The van der Waals surface area contributed by atoms with Crippen molar-refractivity contribution in [2.24, 2.45) is 17.8 Å². The lowest BCUT2D eigenvalue weighted by Gasteiger charge is -2.36. The number of rotatable bonds is 4. The van der Waals surface area contributed by atoms with Crippen LogP contribution >= 0.6 is 0 Å². The Kier molecular flexibility index (Phi) is 5.38. The van der Waals surface area contributed by atoms with Crippen molar-refractivity contribution < 1.29 is 19.4 Å². The van der Waals surface area contributed by atoms with Crippen LogP contribution < -0.4 is 0 Å². The van der Waals surface area contributed by atoms with Crippen molar-refractivity contribution in [3.8, 4) is 0 Å². The molecule has 1 N–H and O–H groups in total. The highest BCUT2D eigenvalue weighted by atomic mass is 16.5. The molecule has 4 heteroatoms. The van der Waals surface area contributed by atoms with Gasteiger partial charge in [0.1, 0.15) is 6.10 Å². The maximum atomic E-state index is 11.5. The van der Waals surface area contributed by atoms with Crippen LogP contribution in [-0.2, 0) is 14.3 Å². The fourth-order valence-corrected chi connectivity index (χ4v) is 2.58. The van der Waals surface area contributed by atoms with Crippen LogP contribution in [0.5, 0.6) is 0 Å². The summed E-state index contributed by atoms with van der Waals surface area (Å²) in [5.41, 5.74) is 0. The highest BCUT2D eigenvalue weighted by Crippen LogP contribution is 2.35. The Bertz CT molecular complexity index is 333. The van der Waals surface area contributed by atoms with Crippen molar-refractivity contribution in [2.75, 3.05) is 0 Å². The molecular weight excluding hydrogens is 232 g/mol. The van der Waals surface area contributed by atoms with Gasteiger partial charge in [0.15, 0.2) is 0 Å². The topological polar surface area (TPSA) is 63.6 Å². The summed E-state index contributed by atoms with van der Waals surface area (Å²) in [5.74, 6) is -0.282. The summed E-state index contributed by atoms with van der Waals surface area (Å²) >= 11 is 0. The average Bonchev–Trinajstić information content (AvgIpc) is 2.26. The Balaban J connectivity index is 2.60. The first kappa shape index (κ1) is 14.7. The van der Waals surface area contributed by atoms with Crippen LogP contribution in [0.2, 0.25) is 0 Å². The smallest absolute Gasteiger partial charge is 0.331 e. The fourth-order valence-electron chi connectivity index (χ4n) is 2.58. The number of hydrogen-bond donors (Lipinski definition) is 1. The van der Waals surface area contributed by atoms with Crippen LogP contribution in [0, 0.1) is 17.8 Å². The zero-order valence-electron chi connectivity index (χ0n) is 11.3. The molecule has 1 aliphatic carbocycles. The molecule has 0 aromatic carbocycles. The summed E-state index contributed by atoms with van der Waals surface area (Å²) < 4.78 is 5.40. The Labute approximate surface area is 108 Å². The molecule has 102 valence electrons. The molecule has 18 heavy (non-hydrogen) atoms. The van der Waals surface area contributed by atoms with E-state index < -0.39 is 11.9 Å². The molecule has 3 atom stereocenters. The lowest BCUT2D eigenvalue weighted by molar-refractivity contribution is -0.150. The molecule has 1 rings (SSSR count). The van der Waals surface area contributed by atoms with Crippen molar-refractivity contribution in [2.45, 2.75) is 46.1 Å². The van der Waals surface area contributed by atoms with Crippen molar-refractivity contribution in [3.63, 3.8) is 0 Å². The third-order valence-electron chi connectivity index (χ3n) is 3.59. The molecule has 2 unspecified atom stereocenters. The molecule has 0 amide bonds. The number of ether oxygens (including phenoxy) is 1. The second-order valence-corrected chi connectivity index (χ2v) is 5.47. The van der Waals surface area contributed by atoms with E-state index in [4.69, 9.17) is 9.84 Å². The van der Waals surface area contributed by atoms with Gasteiger partial charge in [-0.25, -0.2) is 9.59 Å². The summed E-state index contributed by atoms with van der Waals surface area (Å²) in [4.78, 5) is 21.8. The van der Waals surface area contributed by atoms with Crippen LogP contribution in [0.25, 0.3) is 0 Å². The molecule has 0 saturated heterocycles. The summed E-state index contributed by atoms with van der Waals surface area (Å²) in [6, 6.07) is 0. The van der Waals surface area contributed by atoms with E-state index >= 15 is 0 Å². The predicted octanol–water partition coefficient (Wildman–Crippen LogP) is 2.63. The van der Waals surface area contributed by atoms with E-state index in [9.17, 15) is 9.59 Å². The van der Waals surface area contributed by atoms with Gasteiger partial charge in [0.2, 0.25) is 0 Å². The molecule has 1 aliphatic rings. The zero-order chi connectivity index (χ0) is 13.7. The molecule has 1 saturated carbocycles. The van der Waals surface area contributed by atoms with Gasteiger partial charge in [0.25, 0.3) is 0 Å². The van der Waals surface area contributed by atoms with Crippen LogP contribution in [0.15, 0.2) is 12.2 Å². The van der Waals surface area contributed by atoms with E-state index in [1.807, 2.05) is 0 Å². The zero-order valence-corrected chi connectivity index (χ0v) is 11.3. The minimum absolute atomic E-state index is 0.0836. The van der Waals surface area contributed by atoms with E-state index in [0.717, 1.165) is 25.0 Å². The van der Waals surface area contributed by atoms with Crippen LogP contribution in [0.4, 0.5) is 0 Å². The molecule has 0 aromatic rings. The van der Waals surface area contributed by atoms with E-state index in [2.05, 4.69) is 20.8 Å². The summed E-state index contributed by atoms with van der Waals surface area (Å²) in [7, 11) is 0. The van der Waals surface area contributed by atoms with Gasteiger partial charge in [-0.2, -0.15) is 0 Å². The number of aliphatic carboxylic acids is 1. The molecule has 1 fully saturated rings. The minimum atomic E-state index is -1.13. The van der Waals surface area contributed by atoms with Crippen LogP contribution in [0.1, 0.15) is 40.0 Å². The SMILES string of the molecule is CC(C)C1CC[C@@H](C)CC1OC(=O)/C=C/C(=O)O. The highest BCUT2D eigenvalue weighted by molar-refractivity contribution is 5.90. The summed E-state index contributed by atoms with van der Waals surface area (Å²) in [6.07, 6.45) is 4.83. The van der Waals surface area contributed by atoms with Gasteiger partial charge in [-0.1, -0.05) is 27.2 Å². The molecular formula is C14H22O4. The first-order valence-electron chi connectivity index (χ1n) is 6.51. The first-order valence-corrected chi connectivity index (χ1v) is 6.51. The summed E-state index contributed by atoms with van der Waals surface area (Å²) in [6.45, 7) is 6.42. The monoisotopic (exact) mass is 254 g/mol. The average molecular weight is 254 g/mol. The van der Waals surface area contributed by atoms with Gasteiger partial charge in [0.05, 0.1) is 0 Å². The number of carbonyl (C=O) groups excluding carboxylic acids is 1. The quantitative estimate of drug-likeness (QED) is 0.618. The maximum Gasteiger partial charge on any atom is 0.331 e. The van der Waals surface area contributed by atoms with Gasteiger partial charge < -0.3 is 9.84 Å². The van der Waals surface area contributed by atoms with E-state index in [1.54, 1.807) is 0 Å². The van der Waals surface area contributed by atoms with Gasteiger partial charge >= 0.3 is 11.9 Å². The van der Waals surface area contributed by atoms with Gasteiger partial charge in [0, 0.05) is 12.2 Å². The largest absolute Gasteiger partial charge is 0.478 e. The Morgan fingerprint density at radius 3 is 2.50 bits per heavy atom. The second kappa shape index (κ2) is 6.57. The van der Waals surface area contributed by atoms with E-state index in [-0.39, 0.29) is 6.10 Å². The second-order valence-electron chi connectivity index (χ2n) is 5.47. The normalized spacial score (nSPS) is 28.6. The Morgan fingerprint density at radius 2 is 1.94 bits per heavy atom. The third-order valence-corrected chi connectivity index (χ3v) is 3.59. The lowest BCUT2D eigenvalue weighted by Crippen LogP contribution is -2.35. The Morgan fingerprint density at radius 1 is 1.28 bits per heavy atom. The number of carbonyl (C=O) groups is 2. The Hall–Kier alpha value is -1.32. The molecule has 0 radical (unpaired) electrons. The van der Waals surface area contributed by atoms with Crippen molar-refractivity contribution in [1.82, 2.24) is 0 Å². The lowest BCUT2D eigenvalue weighted by atomic mass is 9.75. The maximum absolute atomic E-state index is 11.5. The third kappa shape index (κ3) is 4.51. The van der Waals surface area contributed by atoms with Gasteiger partial charge in [-0.3, -0.25) is 0 Å². The van der Waals surface area contributed by atoms with Crippen molar-refractivity contribution >= 4 is 11.9 Å². The predicted molar refractivity (Wildman–Crippen MR) is 68.0 cm³/mol. The van der Waals surface area contributed by atoms with Gasteiger partial charge in [-0.15, -0.1) is 0 Å². The molecule has 0 spiro atoms. The standard InChI is InChI=1S/C14H22O4/c1-9(2)11-5-4-10(3)8-12(11)18-14(17)7-6-13(15)16/h6-7,9-12H,4-5,8H2,1-3H3,(H,15,16)/b7-6+/t10-,11?,12?/m1/s1. The minimum Gasteiger partial charge on any atom is -0.478 e. The van der Waals surface area contributed by atoms with Crippen LogP contribution in [0.3, 0.4) is 0 Å². The van der Waals surface area contributed by atoms with Crippen LogP contribution in [-0.4, -0.2) is 23.1 Å².